The van der Waals surface area contributed by atoms with Crippen LogP contribution in [0.5, 0.6) is 5.75 Å². The molecule has 0 bridgehead atoms. The van der Waals surface area contributed by atoms with Crippen molar-refractivity contribution in [3.05, 3.63) is 53.1 Å². The van der Waals surface area contributed by atoms with Gasteiger partial charge in [-0.15, -0.1) is 0 Å². The molecule has 0 radical (unpaired) electrons. The number of anilines is 1. The summed E-state index contributed by atoms with van der Waals surface area (Å²) in [7, 11) is 0. The molecule has 0 atom stereocenters. The molecular weight excluding hydrogens is 311 g/mol. The first kappa shape index (κ1) is 16.0. The number of hydrogen-bond acceptors (Lipinski definition) is 4. The average molecular weight is 325 g/mol. The molecule has 0 saturated carbocycles. The van der Waals surface area contributed by atoms with Crippen LogP contribution in [-0.2, 0) is 11.3 Å². The molecule has 5 nitrogen and oxygen atoms in total. The fourth-order valence-corrected chi connectivity index (χ4v) is 1.73. The van der Waals surface area contributed by atoms with Crippen LogP contribution < -0.4 is 10.1 Å². The number of carbonyl (C=O) groups is 1. The van der Waals surface area contributed by atoms with Crippen LogP contribution in [-0.4, -0.2) is 17.7 Å². The van der Waals surface area contributed by atoms with E-state index in [0.717, 1.165) is 5.56 Å². The maximum Gasteiger partial charge on any atom is 0.411 e. The predicted octanol–water partition coefficient (Wildman–Crippen LogP) is 4.02. The van der Waals surface area contributed by atoms with Crippen molar-refractivity contribution in [2.24, 2.45) is 0 Å². The zero-order valence-electron chi connectivity index (χ0n) is 11.8. The van der Waals surface area contributed by atoms with Crippen molar-refractivity contribution < 1.29 is 18.7 Å². The van der Waals surface area contributed by atoms with Gasteiger partial charge in [0.05, 0.1) is 12.3 Å². The number of halogens is 2. The topological polar surface area (TPSA) is 60.5 Å². The van der Waals surface area contributed by atoms with Gasteiger partial charge in [0.1, 0.15) is 17.5 Å². The number of nitrogens with zero attached hydrogens (tertiary/aromatic N) is 1. The third kappa shape index (κ3) is 4.60. The van der Waals surface area contributed by atoms with Gasteiger partial charge in [-0.05, 0) is 25.1 Å². The Morgan fingerprint density at radius 3 is 2.82 bits per heavy atom. The lowest BCUT2D eigenvalue weighted by atomic mass is 10.3. The second-order valence-electron chi connectivity index (χ2n) is 4.26. The number of aromatic nitrogens is 1. The Morgan fingerprint density at radius 2 is 2.18 bits per heavy atom. The first-order chi connectivity index (χ1) is 10.6. The monoisotopic (exact) mass is 324 g/mol. The molecule has 1 N–H and O–H groups in total. The van der Waals surface area contributed by atoms with Crippen LogP contribution >= 0.6 is 11.6 Å². The highest BCUT2D eigenvalue weighted by Gasteiger charge is 2.08. The Bertz CT molecular complexity index is 650. The van der Waals surface area contributed by atoms with Crippen molar-refractivity contribution in [3.63, 3.8) is 0 Å². The lowest BCUT2D eigenvalue weighted by Crippen LogP contribution is -2.14. The summed E-state index contributed by atoms with van der Waals surface area (Å²) in [6, 6.07) is 7.55. The van der Waals surface area contributed by atoms with E-state index in [1.54, 1.807) is 31.3 Å². The molecule has 1 aromatic heterocycles. The van der Waals surface area contributed by atoms with Crippen LogP contribution in [0, 0.1) is 5.82 Å². The van der Waals surface area contributed by atoms with Crippen LogP contribution in [0.25, 0.3) is 0 Å². The van der Waals surface area contributed by atoms with Crippen LogP contribution in [0.15, 0.2) is 36.5 Å². The molecule has 0 fully saturated rings. The number of ether oxygens (including phenoxy) is 2. The van der Waals surface area contributed by atoms with E-state index >= 15 is 0 Å². The number of benzene rings is 1. The first-order valence-electron chi connectivity index (χ1n) is 6.55. The second-order valence-corrected chi connectivity index (χ2v) is 4.65. The Balaban J connectivity index is 1.97. The minimum Gasteiger partial charge on any atom is -0.489 e. The van der Waals surface area contributed by atoms with Crippen molar-refractivity contribution in [1.29, 1.82) is 0 Å². The van der Waals surface area contributed by atoms with Crippen molar-refractivity contribution in [2.45, 2.75) is 13.5 Å². The number of rotatable bonds is 5. The lowest BCUT2D eigenvalue weighted by molar-refractivity contribution is 0.168. The van der Waals surface area contributed by atoms with E-state index in [9.17, 15) is 9.18 Å². The van der Waals surface area contributed by atoms with Crippen LogP contribution in [0.1, 0.15) is 12.5 Å². The lowest BCUT2D eigenvalue weighted by Gasteiger charge is -2.09. The van der Waals surface area contributed by atoms with Gasteiger partial charge in [0.15, 0.2) is 5.82 Å². The fraction of sp³-hybridized carbons (Fsp3) is 0.200. The van der Waals surface area contributed by atoms with E-state index in [2.05, 4.69) is 15.0 Å². The summed E-state index contributed by atoms with van der Waals surface area (Å²) in [4.78, 5) is 15.2. The smallest absolute Gasteiger partial charge is 0.411 e. The number of nitrogens with one attached hydrogen (secondary N) is 1. The third-order valence-electron chi connectivity index (χ3n) is 2.65. The molecule has 0 spiro atoms. The van der Waals surface area contributed by atoms with Crippen molar-refractivity contribution in [2.75, 3.05) is 11.9 Å². The molecular formula is C15H14ClFN2O3. The Kier molecular flexibility index (Phi) is 5.55. The largest absolute Gasteiger partial charge is 0.489 e. The first-order valence-corrected chi connectivity index (χ1v) is 6.93. The van der Waals surface area contributed by atoms with Crippen LogP contribution in [0.4, 0.5) is 14.9 Å². The average Bonchev–Trinajstić information content (AvgIpc) is 2.49. The van der Waals surface area contributed by atoms with Gasteiger partial charge < -0.3 is 9.47 Å². The van der Waals surface area contributed by atoms with E-state index in [-0.39, 0.29) is 18.9 Å². The maximum atomic E-state index is 13.8. The molecule has 0 unspecified atom stereocenters. The predicted molar refractivity (Wildman–Crippen MR) is 80.6 cm³/mol. The van der Waals surface area contributed by atoms with Gasteiger partial charge in [0.25, 0.3) is 0 Å². The van der Waals surface area contributed by atoms with Gasteiger partial charge in [0, 0.05) is 17.8 Å². The van der Waals surface area contributed by atoms with Crippen molar-refractivity contribution >= 4 is 23.4 Å². The van der Waals surface area contributed by atoms with Crippen LogP contribution in [0.2, 0.25) is 5.15 Å². The summed E-state index contributed by atoms with van der Waals surface area (Å²) in [5, 5.41) is 2.69. The van der Waals surface area contributed by atoms with E-state index in [4.69, 9.17) is 16.3 Å². The van der Waals surface area contributed by atoms with Crippen molar-refractivity contribution in [3.8, 4) is 5.75 Å². The van der Waals surface area contributed by atoms with E-state index in [0.29, 0.717) is 10.9 Å². The quantitative estimate of drug-likeness (QED) is 0.844. The highest BCUT2D eigenvalue weighted by Crippen LogP contribution is 2.21. The molecule has 1 heterocycles. The highest BCUT2D eigenvalue weighted by molar-refractivity contribution is 6.29. The molecule has 22 heavy (non-hydrogen) atoms. The molecule has 0 aliphatic rings. The summed E-state index contributed by atoms with van der Waals surface area (Å²) in [5.74, 6) is -0.276. The van der Waals surface area contributed by atoms with Gasteiger partial charge in [-0.3, -0.25) is 5.32 Å². The minimum absolute atomic E-state index is 0.0268. The van der Waals surface area contributed by atoms with Gasteiger partial charge in [-0.1, -0.05) is 17.7 Å². The fourth-order valence-electron chi connectivity index (χ4n) is 1.62. The van der Waals surface area contributed by atoms with Gasteiger partial charge in [-0.25, -0.2) is 14.2 Å². The van der Waals surface area contributed by atoms with E-state index in [1.165, 1.54) is 12.1 Å². The number of hydrogen-bond donors (Lipinski definition) is 1. The minimum atomic E-state index is -0.706. The maximum absolute atomic E-state index is 13.8. The summed E-state index contributed by atoms with van der Waals surface area (Å²) in [6.45, 7) is 2.11. The van der Waals surface area contributed by atoms with Gasteiger partial charge >= 0.3 is 6.09 Å². The molecule has 116 valence electrons. The molecule has 7 heteroatoms. The summed E-state index contributed by atoms with van der Waals surface area (Å²) in [6.07, 6.45) is 0.873. The molecule has 2 aromatic rings. The highest BCUT2D eigenvalue weighted by atomic mass is 35.5. The molecule has 1 aromatic carbocycles. The second kappa shape index (κ2) is 7.61. The summed E-state index contributed by atoms with van der Waals surface area (Å²) >= 11 is 5.68. The number of pyridine rings is 1. The standard InChI is InChI=1S/C15H14ClFN2O3/c1-2-21-15(20)19-13-5-4-11(7-12(13)17)22-9-10-3-6-14(16)18-8-10/h3-8H,2,9H2,1H3,(H,19,20). The summed E-state index contributed by atoms with van der Waals surface area (Å²) in [5.41, 5.74) is 0.831. The molecule has 2 rings (SSSR count). The third-order valence-corrected chi connectivity index (χ3v) is 2.87. The Morgan fingerprint density at radius 1 is 1.36 bits per heavy atom. The molecule has 0 saturated heterocycles. The zero-order chi connectivity index (χ0) is 15.9. The summed E-state index contributed by atoms with van der Waals surface area (Å²) < 4.78 is 24.0. The van der Waals surface area contributed by atoms with Gasteiger partial charge in [0.2, 0.25) is 0 Å². The Hall–Kier alpha value is -2.34. The van der Waals surface area contributed by atoms with E-state index in [1.807, 2.05) is 0 Å². The SMILES string of the molecule is CCOC(=O)Nc1ccc(OCc2ccc(Cl)nc2)cc1F. The Labute approximate surface area is 132 Å². The van der Waals surface area contributed by atoms with Gasteiger partial charge in [-0.2, -0.15) is 0 Å². The van der Waals surface area contributed by atoms with E-state index < -0.39 is 11.9 Å². The normalized spacial score (nSPS) is 10.1. The zero-order valence-corrected chi connectivity index (χ0v) is 12.6. The number of amides is 1. The molecule has 0 aliphatic carbocycles. The van der Waals surface area contributed by atoms with Crippen LogP contribution in [0.3, 0.4) is 0 Å². The molecule has 1 amide bonds. The van der Waals surface area contributed by atoms with Crippen molar-refractivity contribution in [1.82, 2.24) is 4.98 Å². The molecule has 0 aliphatic heterocycles. The number of carbonyl (C=O) groups excluding carboxylic acids is 1.